The van der Waals surface area contributed by atoms with Gasteiger partial charge in [-0.2, -0.15) is 0 Å². The lowest BCUT2D eigenvalue weighted by atomic mass is 10.3. The summed E-state index contributed by atoms with van der Waals surface area (Å²) in [6.45, 7) is 0. The minimum absolute atomic E-state index is 0.0608. The van der Waals surface area contributed by atoms with Gasteiger partial charge in [-0.3, -0.25) is 9.29 Å². The number of nitrogen functional groups attached to an aromatic ring is 1. The van der Waals surface area contributed by atoms with Crippen molar-refractivity contribution in [2.75, 3.05) is 28.6 Å². The molecule has 2 N–H and O–H groups in total. The highest BCUT2D eigenvalue weighted by Crippen LogP contribution is 2.21. The molecule has 0 amide bonds. The number of nitrogens with two attached hydrogens (primary N) is 1. The Balaban J connectivity index is 1.95. The van der Waals surface area contributed by atoms with Gasteiger partial charge in [-0.25, -0.2) is 8.42 Å². The topological polar surface area (TPSA) is 76.3 Å². The molecule has 112 valence electrons. The zero-order valence-electron chi connectivity index (χ0n) is 11.6. The van der Waals surface area contributed by atoms with E-state index in [1.165, 1.54) is 16.1 Å². The van der Waals surface area contributed by atoms with Gasteiger partial charge in [0.1, 0.15) is 0 Å². The van der Waals surface area contributed by atoms with Crippen LogP contribution in [-0.4, -0.2) is 32.0 Å². The van der Waals surface area contributed by atoms with Gasteiger partial charge in [-0.05, 0) is 30.3 Å². The SMILES string of the molecule is CN(c1ccncc1)S(=O)(=O)CCSc1cccc(N)c1. The lowest BCUT2D eigenvalue weighted by Gasteiger charge is -2.19. The molecule has 0 saturated heterocycles. The average Bonchev–Trinajstić information content (AvgIpc) is 2.47. The molecular weight excluding hydrogens is 306 g/mol. The lowest BCUT2D eigenvalue weighted by molar-refractivity contribution is 0.596. The zero-order chi connectivity index (χ0) is 15.3. The van der Waals surface area contributed by atoms with E-state index in [1.807, 2.05) is 18.2 Å². The van der Waals surface area contributed by atoms with E-state index < -0.39 is 10.0 Å². The van der Waals surface area contributed by atoms with E-state index in [4.69, 9.17) is 5.73 Å². The standard InChI is InChI=1S/C14H17N3O2S2/c1-17(13-5-7-16-8-6-13)21(18,19)10-9-20-14-4-2-3-12(15)11-14/h2-8,11H,9-10,15H2,1H3. The molecule has 0 aliphatic rings. The van der Waals surface area contributed by atoms with Crippen LogP contribution in [0.2, 0.25) is 0 Å². The number of benzene rings is 1. The highest BCUT2D eigenvalue weighted by Gasteiger charge is 2.18. The van der Waals surface area contributed by atoms with E-state index in [2.05, 4.69) is 4.98 Å². The fourth-order valence-electron chi connectivity index (χ4n) is 1.72. The van der Waals surface area contributed by atoms with Crippen LogP contribution in [0.4, 0.5) is 11.4 Å². The summed E-state index contributed by atoms with van der Waals surface area (Å²) in [6, 6.07) is 10.8. The molecule has 0 radical (unpaired) electrons. The van der Waals surface area contributed by atoms with Crippen molar-refractivity contribution in [2.45, 2.75) is 4.90 Å². The van der Waals surface area contributed by atoms with Crippen LogP contribution in [0, 0.1) is 0 Å². The third-order valence-electron chi connectivity index (χ3n) is 2.91. The van der Waals surface area contributed by atoms with Gasteiger partial charge in [0.15, 0.2) is 0 Å². The van der Waals surface area contributed by atoms with Crippen molar-refractivity contribution in [1.82, 2.24) is 4.98 Å². The number of rotatable bonds is 6. The number of thioether (sulfide) groups is 1. The highest BCUT2D eigenvalue weighted by molar-refractivity contribution is 8.01. The van der Waals surface area contributed by atoms with Gasteiger partial charge in [0.2, 0.25) is 10.0 Å². The van der Waals surface area contributed by atoms with Crippen molar-refractivity contribution in [3.05, 3.63) is 48.8 Å². The van der Waals surface area contributed by atoms with Crippen molar-refractivity contribution in [2.24, 2.45) is 0 Å². The summed E-state index contributed by atoms with van der Waals surface area (Å²) in [5.41, 5.74) is 6.98. The Hall–Kier alpha value is -1.73. The minimum atomic E-state index is -3.34. The van der Waals surface area contributed by atoms with Crippen LogP contribution in [0.5, 0.6) is 0 Å². The van der Waals surface area contributed by atoms with Crippen molar-refractivity contribution >= 4 is 33.2 Å². The first kappa shape index (κ1) is 15.7. The predicted molar refractivity (Wildman–Crippen MR) is 88.0 cm³/mol. The van der Waals surface area contributed by atoms with Crippen LogP contribution >= 0.6 is 11.8 Å². The van der Waals surface area contributed by atoms with Gasteiger partial charge in [0, 0.05) is 35.8 Å². The molecule has 0 atom stereocenters. The smallest absolute Gasteiger partial charge is 0.235 e. The average molecular weight is 323 g/mol. The molecular formula is C14H17N3O2S2. The zero-order valence-corrected chi connectivity index (χ0v) is 13.3. The first-order valence-corrected chi connectivity index (χ1v) is 8.93. The molecule has 0 bridgehead atoms. The third-order valence-corrected chi connectivity index (χ3v) is 5.93. The van der Waals surface area contributed by atoms with Crippen LogP contribution in [0.3, 0.4) is 0 Å². The van der Waals surface area contributed by atoms with Crippen molar-refractivity contribution < 1.29 is 8.42 Å². The summed E-state index contributed by atoms with van der Waals surface area (Å²) in [5.74, 6) is 0.534. The van der Waals surface area contributed by atoms with Crippen molar-refractivity contribution in [3.63, 3.8) is 0 Å². The number of sulfonamides is 1. The van der Waals surface area contributed by atoms with Gasteiger partial charge in [0.05, 0.1) is 11.4 Å². The quantitative estimate of drug-likeness (QED) is 0.651. The molecule has 0 fully saturated rings. The van der Waals surface area contributed by atoms with E-state index >= 15 is 0 Å². The molecule has 5 nitrogen and oxygen atoms in total. The molecule has 1 aromatic heterocycles. The molecule has 2 rings (SSSR count). The highest BCUT2D eigenvalue weighted by atomic mass is 32.2. The Morgan fingerprint density at radius 3 is 2.62 bits per heavy atom. The lowest BCUT2D eigenvalue weighted by Crippen LogP contribution is -2.29. The maximum absolute atomic E-state index is 12.3. The Morgan fingerprint density at radius 2 is 1.95 bits per heavy atom. The maximum Gasteiger partial charge on any atom is 0.235 e. The molecule has 21 heavy (non-hydrogen) atoms. The van der Waals surface area contributed by atoms with Gasteiger partial charge in [0.25, 0.3) is 0 Å². The Bertz CT molecular complexity index is 690. The molecule has 0 saturated carbocycles. The first-order chi connectivity index (χ1) is 9.99. The normalized spacial score (nSPS) is 11.3. The van der Waals surface area contributed by atoms with Crippen LogP contribution in [0.15, 0.2) is 53.7 Å². The monoisotopic (exact) mass is 323 g/mol. The maximum atomic E-state index is 12.3. The second-order valence-electron chi connectivity index (χ2n) is 4.41. The van der Waals surface area contributed by atoms with Crippen LogP contribution < -0.4 is 10.0 Å². The van der Waals surface area contributed by atoms with Crippen LogP contribution in [0.25, 0.3) is 0 Å². The molecule has 0 unspecified atom stereocenters. The molecule has 0 spiro atoms. The van der Waals surface area contributed by atoms with Gasteiger partial charge in [-0.1, -0.05) is 6.07 Å². The Morgan fingerprint density at radius 1 is 1.24 bits per heavy atom. The van der Waals surface area contributed by atoms with E-state index in [9.17, 15) is 8.42 Å². The number of hydrogen-bond acceptors (Lipinski definition) is 5. The fourth-order valence-corrected chi connectivity index (χ4v) is 4.24. The number of aromatic nitrogens is 1. The molecule has 0 aliphatic heterocycles. The second kappa shape index (κ2) is 6.82. The van der Waals surface area contributed by atoms with Gasteiger partial charge < -0.3 is 5.73 Å². The van der Waals surface area contributed by atoms with Crippen molar-refractivity contribution in [3.8, 4) is 0 Å². The Kier molecular flexibility index (Phi) is 5.08. The van der Waals surface area contributed by atoms with E-state index in [-0.39, 0.29) is 5.75 Å². The molecule has 0 aliphatic carbocycles. The van der Waals surface area contributed by atoms with Gasteiger partial charge in [-0.15, -0.1) is 11.8 Å². The minimum Gasteiger partial charge on any atom is -0.399 e. The largest absolute Gasteiger partial charge is 0.399 e. The van der Waals surface area contributed by atoms with E-state index in [0.717, 1.165) is 4.90 Å². The van der Waals surface area contributed by atoms with Crippen LogP contribution in [-0.2, 0) is 10.0 Å². The fraction of sp³-hybridized carbons (Fsp3) is 0.214. The molecule has 1 heterocycles. The summed E-state index contributed by atoms with van der Waals surface area (Å²) in [4.78, 5) is 4.85. The van der Waals surface area contributed by atoms with Gasteiger partial charge >= 0.3 is 0 Å². The second-order valence-corrected chi connectivity index (χ2v) is 7.70. The van der Waals surface area contributed by atoms with E-state index in [0.29, 0.717) is 17.1 Å². The molecule has 7 heteroatoms. The number of nitrogens with zero attached hydrogens (tertiary/aromatic N) is 2. The molecule has 2 aromatic rings. The summed E-state index contributed by atoms with van der Waals surface area (Å²) in [6.07, 6.45) is 3.14. The molecule has 1 aromatic carbocycles. The van der Waals surface area contributed by atoms with Crippen LogP contribution in [0.1, 0.15) is 0 Å². The summed E-state index contributed by atoms with van der Waals surface area (Å²) in [7, 11) is -1.79. The predicted octanol–water partition coefficient (Wildman–Crippen LogP) is 2.22. The summed E-state index contributed by atoms with van der Waals surface area (Å²) >= 11 is 1.48. The summed E-state index contributed by atoms with van der Waals surface area (Å²) < 4.78 is 25.8. The Labute approximate surface area is 129 Å². The number of pyridine rings is 1. The van der Waals surface area contributed by atoms with Crippen molar-refractivity contribution in [1.29, 1.82) is 0 Å². The van der Waals surface area contributed by atoms with E-state index in [1.54, 1.807) is 37.6 Å². The summed E-state index contributed by atoms with van der Waals surface area (Å²) in [5, 5.41) is 0. The first-order valence-electron chi connectivity index (χ1n) is 6.34. The number of anilines is 2. The third kappa shape index (κ3) is 4.37. The number of hydrogen-bond donors (Lipinski definition) is 1.